The van der Waals surface area contributed by atoms with E-state index in [1.165, 1.54) is 0 Å². The fourth-order valence-electron chi connectivity index (χ4n) is 1.98. The van der Waals surface area contributed by atoms with Crippen LogP contribution >= 0.6 is 57.7 Å². The zero-order valence-corrected chi connectivity index (χ0v) is 16.2. The Morgan fingerprint density at radius 1 is 1.08 bits per heavy atom. The summed E-state index contributed by atoms with van der Waals surface area (Å²) in [7, 11) is 0. The maximum Gasteiger partial charge on any atom is 0.300 e. The third-order valence-electron chi connectivity index (χ3n) is 2.85. The minimum Gasteiger partial charge on any atom is -0.481 e. The number of fused-ring (bicyclic) bond motifs is 1. The van der Waals surface area contributed by atoms with Crippen molar-refractivity contribution in [3.63, 3.8) is 0 Å². The van der Waals surface area contributed by atoms with Gasteiger partial charge in [-0.3, -0.25) is 10.2 Å². The summed E-state index contributed by atoms with van der Waals surface area (Å²) in [5.41, 5.74) is 12.5. The molecule has 1 aliphatic heterocycles. The Morgan fingerprint density at radius 2 is 1.56 bits per heavy atom. The first-order valence-corrected chi connectivity index (χ1v) is 8.64. The van der Waals surface area contributed by atoms with Gasteiger partial charge in [-0.25, -0.2) is 9.98 Å². The molecule has 2 aromatic rings. The second-order valence-electron chi connectivity index (χ2n) is 4.60. The molecular formula is C13H9Cl4N5O2S. The van der Waals surface area contributed by atoms with Crippen molar-refractivity contribution in [2.75, 3.05) is 11.5 Å². The number of carbonyl (C=O) groups is 1. The molecule has 0 spiro atoms. The Bertz CT molecular complexity index is 937. The monoisotopic (exact) mass is 439 g/mol. The highest BCUT2D eigenvalue weighted by Gasteiger charge is 2.33. The van der Waals surface area contributed by atoms with E-state index in [0.29, 0.717) is 21.7 Å². The number of halogens is 4. The molecule has 3 rings (SSSR count). The van der Waals surface area contributed by atoms with Gasteiger partial charge < -0.3 is 16.6 Å². The number of hydrogen-bond acceptors (Lipinski definition) is 6. The zero-order chi connectivity index (χ0) is 19.0. The molecule has 0 aliphatic carbocycles. The summed E-state index contributed by atoms with van der Waals surface area (Å²) in [6, 6.07) is 0. The van der Waals surface area contributed by atoms with Gasteiger partial charge in [0.2, 0.25) is 0 Å². The van der Waals surface area contributed by atoms with Gasteiger partial charge in [0.15, 0.2) is 11.0 Å². The molecule has 6 N–H and O–H groups in total. The lowest BCUT2D eigenvalue weighted by atomic mass is 10.0. The summed E-state index contributed by atoms with van der Waals surface area (Å²) < 4.78 is 0. The summed E-state index contributed by atoms with van der Waals surface area (Å²) in [5.74, 6) is -0.702. The molecule has 2 heterocycles. The van der Waals surface area contributed by atoms with E-state index in [2.05, 4.69) is 9.98 Å². The van der Waals surface area contributed by atoms with Crippen molar-refractivity contribution >= 4 is 86.2 Å². The SMILES string of the molecule is CC(=O)O.N=C1N=C(c2sc(N)nc2N)c2c(Cl)c(Cl)c(Cl)c(Cl)c21. The molecular weight excluding hydrogens is 432 g/mol. The lowest BCUT2D eigenvalue weighted by Crippen LogP contribution is -2.04. The van der Waals surface area contributed by atoms with Crippen molar-refractivity contribution < 1.29 is 9.90 Å². The zero-order valence-electron chi connectivity index (χ0n) is 12.3. The summed E-state index contributed by atoms with van der Waals surface area (Å²) >= 11 is 25.6. The van der Waals surface area contributed by atoms with Crippen molar-refractivity contribution in [1.82, 2.24) is 4.98 Å². The van der Waals surface area contributed by atoms with Crippen LogP contribution < -0.4 is 11.5 Å². The number of carboxylic acids is 1. The van der Waals surface area contributed by atoms with Gasteiger partial charge in [0.1, 0.15) is 5.82 Å². The second kappa shape index (κ2) is 7.35. The summed E-state index contributed by atoms with van der Waals surface area (Å²) in [4.78, 5) is 17.6. The van der Waals surface area contributed by atoms with Gasteiger partial charge in [0.25, 0.3) is 5.97 Å². The number of rotatable bonds is 1. The maximum absolute atomic E-state index is 9.00. The average molecular weight is 441 g/mol. The number of amidine groups is 1. The van der Waals surface area contributed by atoms with Crippen LogP contribution in [0.4, 0.5) is 10.9 Å². The van der Waals surface area contributed by atoms with Crippen LogP contribution in [0.25, 0.3) is 0 Å². The molecule has 0 bridgehead atoms. The smallest absolute Gasteiger partial charge is 0.300 e. The first-order valence-electron chi connectivity index (χ1n) is 6.31. The van der Waals surface area contributed by atoms with E-state index in [1.54, 1.807) is 0 Å². The van der Waals surface area contributed by atoms with Crippen molar-refractivity contribution in [2.24, 2.45) is 4.99 Å². The Labute approximate surface area is 165 Å². The number of aromatic nitrogens is 1. The molecule has 0 fully saturated rings. The van der Waals surface area contributed by atoms with E-state index in [9.17, 15) is 0 Å². The molecule has 0 unspecified atom stereocenters. The predicted molar refractivity (Wildman–Crippen MR) is 103 cm³/mol. The van der Waals surface area contributed by atoms with Gasteiger partial charge >= 0.3 is 0 Å². The Kier molecular flexibility index (Phi) is 5.80. The van der Waals surface area contributed by atoms with Crippen LogP contribution in [0, 0.1) is 5.41 Å². The number of aliphatic imine (C=N–C) groups is 1. The van der Waals surface area contributed by atoms with Gasteiger partial charge in [-0.15, -0.1) is 0 Å². The molecule has 132 valence electrons. The predicted octanol–water partition coefficient (Wildman–Crippen LogP) is 4.19. The quantitative estimate of drug-likeness (QED) is 0.389. The molecule has 1 aromatic heterocycles. The summed E-state index contributed by atoms with van der Waals surface area (Å²) in [6.07, 6.45) is 0. The van der Waals surface area contributed by atoms with E-state index >= 15 is 0 Å². The normalized spacial score (nSPS) is 12.4. The fraction of sp³-hybridized carbons (Fsp3) is 0.0769. The van der Waals surface area contributed by atoms with Crippen LogP contribution in [0.3, 0.4) is 0 Å². The third kappa shape index (κ3) is 3.68. The molecule has 12 heteroatoms. The van der Waals surface area contributed by atoms with Crippen molar-refractivity contribution in [1.29, 1.82) is 5.41 Å². The first kappa shape index (κ1) is 19.7. The highest BCUT2D eigenvalue weighted by atomic mass is 35.5. The van der Waals surface area contributed by atoms with Crippen molar-refractivity contribution in [2.45, 2.75) is 6.92 Å². The molecule has 0 atom stereocenters. The summed E-state index contributed by atoms with van der Waals surface area (Å²) in [6.45, 7) is 1.08. The molecule has 7 nitrogen and oxygen atoms in total. The van der Waals surface area contributed by atoms with Crippen LogP contribution in [0.1, 0.15) is 22.9 Å². The number of nitrogens with one attached hydrogen (secondary N) is 1. The van der Waals surface area contributed by atoms with Crippen molar-refractivity contribution in [3.05, 3.63) is 36.1 Å². The molecule has 0 saturated heterocycles. The second-order valence-corrected chi connectivity index (χ2v) is 7.14. The molecule has 25 heavy (non-hydrogen) atoms. The Morgan fingerprint density at radius 3 is 2.00 bits per heavy atom. The third-order valence-corrected chi connectivity index (χ3v) is 5.56. The van der Waals surface area contributed by atoms with E-state index in [4.69, 9.17) is 73.2 Å². The van der Waals surface area contributed by atoms with Crippen molar-refractivity contribution in [3.8, 4) is 0 Å². The van der Waals surface area contributed by atoms with Crippen LogP contribution in [0.15, 0.2) is 4.99 Å². The number of hydrogen-bond donors (Lipinski definition) is 4. The van der Waals surface area contributed by atoms with Gasteiger partial charge in [-0.2, -0.15) is 0 Å². The Hall–Kier alpha value is -1.58. The number of anilines is 2. The lowest BCUT2D eigenvalue weighted by Gasteiger charge is -2.10. The molecule has 1 aliphatic rings. The van der Waals surface area contributed by atoms with Crippen LogP contribution in [-0.2, 0) is 4.79 Å². The topological polar surface area (TPSA) is 138 Å². The van der Waals surface area contributed by atoms with E-state index in [1.807, 2.05) is 0 Å². The first-order chi connectivity index (χ1) is 11.6. The van der Waals surface area contributed by atoms with Gasteiger partial charge in [0.05, 0.1) is 30.7 Å². The molecule has 0 amide bonds. The van der Waals surface area contributed by atoms with Crippen LogP contribution in [0.2, 0.25) is 20.1 Å². The van der Waals surface area contributed by atoms with Crippen LogP contribution in [-0.4, -0.2) is 27.6 Å². The number of aliphatic carboxylic acids is 1. The number of thiazole rings is 1. The molecule has 1 aromatic carbocycles. The van der Waals surface area contributed by atoms with Gasteiger partial charge in [-0.1, -0.05) is 57.7 Å². The number of benzene rings is 1. The summed E-state index contributed by atoms with van der Waals surface area (Å²) in [5, 5.41) is 16.1. The number of nitrogen functional groups attached to an aromatic ring is 2. The minimum atomic E-state index is -0.833. The average Bonchev–Trinajstić information content (AvgIpc) is 3.01. The number of carboxylic acid groups (broad SMARTS) is 1. The highest BCUT2D eigenvalue weighted by molar-refractivity contribution is 7.18. The maximum atomic E-state index is 9.00. The molecule has 0 radical (unpaired) electrons. The highest BCUT2D eigenvalue weighted by Crippen LogP contribution is 2.45. The fourth-order valence-corrected chi connectivity index (χ4v) is 3.76. The van der Waals surface area contributed by atoms with Gasteiger partial charge in [-0.05, 0) is 0 Å². The Balaban J connectivity index is 0.000000511. The number of nitrogens with two attached hydrogens (primary N) is 2. The van der Waals surface area contributed by atoms with Crippen LogP contribution in [0.5, 0.6) is 0 Å². The standard InChI is InChI=1S/C11H5Cl4N5S.C2H4O2/c12-3-1-2(4(13)6(15)5(3)14)9(16)19-7(1)8-10(17)20-11(18)21-8;1-2(3)4/h16H,17H2,(H2,18,20);1H3,(H,3,4). The number of nitrogens with zero attached hydrogens (tertiary/aromatic N) is 2. The van der Waals surface area contributed by atoms with E-state index in [0.717, 1.165) is 18.3 Å². The lowest BCUT2D eigenvalue weighted by molar-refractivity contribution is -0.134. The molecule has 0 saturated carbocycles. The largest absolute Gasteiger partial charge is 0.481 e. The van der Waals surface area contributed by atoms with E-state index in [-0.39, 0.29) is 36.9 Å². The minimum absolute atomic E-state index is 0.0724. The van der Waals surface area contributed by atoms with Gasteiger partial charge in [0, 0.05) is 18.1 Å². The van der Waals surface area contributed by atoms with E-state index < -0.39 is 5.97 Å².